The molecule has 0 bridgehead atoms. The van der Waals surface area contributed by atoms with E-state index < -0.39 is 0 Å². The zero-order valence-corrected chi connectivity index (χ0v) is 50.6. The van der Waals surface area contributed by atoms with Crippen LogP contribution in [0.4, 0.5) is 0 Å². The van der Waals surface area contributed by atoms with Crippen LogP contribution in [0.25, 0.3) is 32.3 Å². The number of carbonyl (C=O) groups excluding carboxylic acids is 6. The Morgan fingerprint density at radius 2 is 0.795 bits per heavy atom. The molecule has 12 heteroatoms. The van der Waals surface area contributed by atoms with Gasteiger partial charge in [0.15, 0.2) is 5.78 Å². The molecule has 3 atom stereocenters. The Balaban J connectivity index is 0.000000171. The summed E-state index contributed by atoms with van der Waals surface area (Å²) in [6.45, 7) is 5.00. The lowest BCUT2D eigenvalue weighted by molar-refractivity contribution is -0.149. The molecular weight excluding hydrogens is 1100 g/mol. The van der Waals surface area contributed by atoms with E-state index in [-0.39, 0.29) is 91.6 Å². The second-order valence-corrected chi connectivity index (χ2v) is 22.6. The minimum Gasteiger partial charge on any atom is -0.486 e. The molecule has 0 aromatic heterocycles. The third-order valence-electron chi connectivity index (χ3n) is 16.1. The van der Waals surface area contributed by atoms with Gasteiger partial charge >= 0.3 is 11.9 Å². The maximum atomic E-state index is 13.0. The Morgan fingerprint density at radius 3 is 1.18 bits per heavy atom. The standard InChI is InChI=1S/C27H29NO3.C25H27NO3.C24H25NO3/c28-17-25(26(29)16-20-11-12-21-5-1-4-8-24(21)15-20)22-13-9-19(10-14-22)18-31-27(30)23-6-2-3-7-23;1-2-5-22(27)17-29-23-12-10-20(11-13-23)24(16-26)25(28)15-18-8-9-19-6-3-4-7-21(19)14-18;1-2-5-24(27)28-21-12-10-19(11-13-21)22(16-25)23(26)15-17-8-9-18-6-3-4-7-20(18)14-17/h1,4-5,8-15,23,25H,2-3,6-7,16-18,28H2;3-4,6-14,24H,2,5,15-17,26H2,1H3;3-4,6-14,22H,2,5,15-16,25H2,1H3. The molecule has 0 radical (unpaired) electrons. The predicted molar refractivity (Wildman–Crippen MR) is 350 cm³/mol. The van der Waals surface area contributed by atoms with Crippen molar-refractivity contribution < 1.29 is 43.0 Å². The molecule has 0 aliphatic heterocycles. The van der Waals surface area contributed by atoms with Crippen LogP contribution < -0.4 is 26.7 Å². The number of ether oxygens (including phenoxy) is 3. The van der Waals surface area contributed by atoms with Crippen LogP contribution in [-0.2, 0) is 59.4 Å². The normalized spacial score (nSPS) is 13.1. The van der Waals surface area contributed by atoms with Gasteiger partial charge in [-0.1, -0.05) is 203 Å². The highest BCUT2D eigenvalue weighted by molar-refractivity contribution is 5.92. The molecule has 88 heavy (non-hydrogen) atoms. The number of hydrogen-bond donors (Lipinski definition) is 3. The molecule has 9 aromatic rings. The molecule has 0 saturated heterocycles. The quantitative estimate of drug-likeness (QED) is 0.0342. The third-order valence-corrected chi connectivity index (χ3v) is 16.1. The van der Waals surface area contributed by atoms with Crippen LogP contribution in [0, 0.1) is 5.92 Å². The van der Waals surface area contributed by atoms with Crippen LogP contribution in [-0.4, -0.2) is 61.3 Å². The summed E-state index contributed by atoms with van der Waals surface area (Å²) in [5.74, 6) is 0.100. The van der Waals surface area contributed by atoms with Crippen molar-refractivity contribution in [1.29, 1.82) is 0 Å². The predicted octanol–water partition coefficient (Wildman–Crippen LogP) is 13.8. The van der Waals surface area contributed by atoms with Crippen molar-refractivity contribution in [3.8, 4) is 11.5 Å². The van der Waals surface area contributed by atoms with Gasteiger partial charge in [-0.3, -0.25) is 28.8 Å². The van der Waals surface area contributed by atoms with E-state index in [1.807, 2.05) is 141 Å². The lowest BCUT2D eigenvalue weighted by atomic mass is 9.90. The molecule has 1 fully saturated rings. The number of rotatable bonds is 26. The molecular formula is C76H81N3O9. The second kappa shape index (κ2) is 33.3. The van der Waals surface area contributed by atoms with E-state index in [2.05, 4.69) is 48.5 Å². The number of nitrogens with two attached hydrogens (primary N) is 3. The van der Waals surface area contributed by atoms with Crippen molar-refractivity contribution in [2.75, 3.05) is 26.2 Å². The molecule has 1 saturated carbocycles. The van der Waals surface area contributed by atoms with Gasteiger partial charge in [-0.2, -0.15) is 0 Å². The summed E-state index contributed by atoms with van der Waals surface area (Å²) in [5.41, 5.74) is 24.3. The SMILES string of the molecule is CCCC(=O)COc1ccc(C(CN)C(=O)Cc2ccc3ccccc3c2)cc1.CCCC(=O)Oc1ccc(C(CN)C(=O)Cc2ccc3ccccc3c2)cc1.NCC(C(=O)Cc1ccc2ccccc2c1)c1ccc(COC(=O)C2CCCC2)cc1. The van der Waals surface area contributed by atoms with Gasteiger partial charge in [-0.15, -0.1) is 0 Å². The summed E-state index contributed by atoms with van der Waals surface area (Å²) in [5, 5.41) is 6.86. The van der Waals surface area contributed by atoms with Crippen molar-refractivity contribution in [3.05, 3.63) is 239 Å². The molecule has 0 spiro atoms. The number of ketones is 4. The monoisotopic (exact) mass is 1180 g/mol. The Labute approximate surface area is 516 Å². The first-order chi connectivity index (χ1) is 42.8. The topological polar surface area (TPSA) is 208 Å². The van der Waals surface area contributed by atoms with Crippen LogP contribution in [0.1, 0.15) is 122 Å². The fraction of sp³-hybridized carbons (Fsp3) is 0.289. The number of Topliss-reactive ketones (excluding diaryl/α,β-unsaturated/α-hetero) is 4. The highest BCUT2D eigenvalue weighted by atomic mass is 16.5. The number of benzene rings is 9. The first kappa shape index (κ1) is 65.0. The maximum Gasteiger partial charge on any atom is 0.311 e. The fourth-order valence-electron chi connectivity index (χ4n) is 11.1. The van der Waals surface area contributed by atoms with E-state index in [1.165, 1.54) is 5.39 Å². The molecule has 9 aromatic carbocycles. The van der Waals surface area contributed by atoms with Gasteiger partial charge in [-0.05, 0) is 121 Å². The summed E-state index contributed by atoms with van der Waals surface area (Å²) in [7, 11) is 0. The number of fused-ring (bicyclic) bond motifs is 3. The van der Waals surface area contributed by atoms with Gasteiger partial charge < -0.3 is 31.4 Å². The van der Waals surface area contributed by atoms with Gasteiger partial charge in [-0.25, -0.2) is 0 Å². The second-order valence-electron chi connectivity index (χ2n) is 22.6. The van der Waals surface area contributed by atoms with Gasteiger partial charge in [0.1, 0.15) is 42.1 Å². The Bertz CT molecular complexity index is 3780. The molecule has 0 amide bonds. The lowest BCUT2D eigenvalue weighted by Crippen LogP contribution is -2.23. The van der Waals surface area contributed by atoms with Gasteiger partial charge in [0.2, 0.25) is 0 Å². The molecule has 12 nitrogen and oxygen atoms in total. The smallest absolute Gasteiger partial charge is 0.311 e. The highest BCUT2D eigenvalue weighted by Crippen LogP contribution is 2.29. The largest absolute Gasteiger partial charge is 0.486 e. The van der Waals surface area contributed by atoms with E-state index in [0.29, 0.717) is 43.6 Å². The van der Waals surface area contributed by atoms with Crippen LogP contribution in [0.5, 0.6) is 11.5 Å². The Kier molecular flexibility index (Phi) is 24.6. The van der Waals surface area contributed by atoms with Crippen molar-refractivity contribution in [2.24, 2.45) is 23.1 Å². The summed E-state index contributed by atoms with van der Waals surface area (Å²) >= 11 is 0. The molecule has 1 aliphatic carbocycles. The molecule has 3 unspecified atom stereocenters. The minimum atomic E-state index is -0.383. The Hall–Kier alpha value is -8.94. The van der Waals surface area contributed by atoms with Crippen molar-refractivity contribution in [3.63, 3.8) is 0 Å². The van der Waals surface area contributed by atoms with E-state index in [0.717, 1.165) is 104 Å². The number of esters is 2. The van der Waals surface area contributed by atoms with Gasteiger partial charge in [0.25, 0.3) is 0 Å². The Morgan fingerprint density at radius 1 is 0.432 bits per heavy atom. The van der Waals surface area contributed by atoms with Gasteiger partial charge in [0, 0.05) is 51.7 Å². The van der Waals surface area contributed by atoms with E-state index >= 15 is 0 Å². The maximum absolute atomic E-state index is 13.0. The van der Waals surface area contributed by atoms with E-state index in [9.17, 15) is 28.8 Å². The summed E-state index contributed by atoms with van der Waals surface area (Å²) in [6.07, 6.45) is 7.61. The van der Waals surface area contributed by atoms with Crippen LogP contribution in [0.2, 0.25) is 0 Å². The summed E-state index contributed by atoms with van der Waals surface area (Å²) in [6, 6.07) is 64.7. The third kappa shape index (κ3) is 18.8. The zero-order valence-electron chi connectivity index (χ0n) is 50.6. The van der Waals surface area contributed by atoms with Crippen molar-refractivity contribution >= 4 is 67.4 Å². The average molecular weight is 1180 g/mol. The van der Waals surface area contributed by atoms with E-state index in [4.69, 9.17) is 31.4 Å². The number of hydrogen-bond acceptors (Lipinski definition) is 12. The van der Waals surface area contributed by atoms with E-state index in [1.54, 1.807) is 24.3 Å². The number of carbonyl (C=O) groups is 6. The highest BCUT2D eigenvalue weighted by Gasteiger charge is 2.25. The minimum absolute atomic E-state index is 0.0635. The van der Waals surface area contributed by atoms with Gasteiger partial charge in [0.05, 0.1) is 23.7 Å². The molecule has 0 heterocycles. The zero-order chi connectivity index (χ0) is 62.2. The van der Waals surface area contributed by atoms with Crippen LogP contribution >= 0.6 is 0 Å². The summed E-state index contributed by atoms with van der Waals surface area (Å²) < 4.78 is 16.3. The average Bonchev–Trinajstić information content (AvgIpc) is 3.40. The molecule has 6 N–H and O–H groups in total. The van der Waals surface area contributed by atoms with Crippen molar-refractivity contribution in [1.82, 2.24) is 0 Å². The molecule has 1 aliphatic rings. The van der Waals surface area contributed by atoms with Crippen LogP contribution in [0.3, 0.4) is 0 Å². The lowest BCUT2D eigenvalue weighted by Gasteiger charge is -2.15. The molecule has 10 rings (SSSR count). The van der Waals surface area contributed by atoms with Crippen LogP contribution in [0.15, 0.2) is 200 Å². The summed E-state index contributed by atoms with van der Waals surface area (Å²) in [4.78, 5) is 74.0. The first-order valence-electron chi connectivity index (χ1n) is 30.8. The fourth-order valence-corrected chi connectivity index (χ4v) is 11.1. The van der Waals surface area contributed by atoms with Crippen molar-refractivity contribution in [2.45, 2.75) is 109 Å². The molecule has 454 valence electrons. The first-order valence-corrected chi connectivity index (χ1v) is 30.8.